The lowest BCUT2D eigenvalue weighted by atomic mass is 9.75. The van der Waals surface area contributed by atoms with Gasteiger partial charge in [-0.15, -0.1) is 0 Å². The van der Waals surface area contributed by atoms with Crippen LogP contribution < -0.4 is 5.32 Å². The van der Waals surface area contributed by atoms with Gasteiger partial charge in [-0.2, -0.15) is 8.78 Å². The molecule has 7 heteroatoms. The molecule has 1 saturated carbocycles. The van der Waals surface area contributed by atoms with E-state index in [2.05, 4.69) is 15.3 Å². The predicted octanol–water partition coefficient (Wildman–Crippen LogP) is 2.68. The van der Waals surface area contributed by atoms with Gasteiger partial charge in [0, 0.05) is 0 Å². The summed E-state index contributed by atoms with van der Waals surface area (Å²) in [7, 11) is 0. The number of alkyl halides is 2. The van der Waals surface area contributed by atoms with Crippen molar-refractivity contribution in [3.8, 4) is 0 Å². The van der Waals surface area contributed by atoms with Crippen LogP contribution in [-0.2, 0) is 4.79 Å². The maximum atomic E-state index is 14.2. The number of nitrogens with zero attached hydrogens (tertiary/aromatic N) is 1. The standard InChI is InChI=1S/C16H19F2N3O2/c1-2-10(13-19-11-6-3-4-7-12(11)20-13)21-14(22)16(17,18)15(23)8-5-9-15/h3-4,6-7,10,23H,2,5,8-9H2,1H3,(H,19,20)(H,21,22). The third kappa shape index (κ3) is 2.59. The van der Waals surface area contributed by atoms with Gasteiger partial charge in [-0.3, -0.25) is 4.79 Å². The number of carbonyl (C=O) groups excluding carboxylic acids is 1. The predicted molar refractivity (Wildman–Crippen MR) is 81.0 cm³/mol. The normalized spacial score (nSPS) is 18.4. The summed E-state index contributed by atoms with van der Waals surface area (Å²) in [5, 5.41) is 12.2. The number of H-pyrrole nitrogens is 1. The molecule has 5 nitrogen and oxygen atoms in total. The van der Waals surface area contributed by atoms with Crippen LogP contribution in [-0.4, -0.2) is 32.5 Å². The number of aromatic amines is 1. The number of fused-ring (bicyclic) bond motifs is 1. The van der Waals surface area contributed by atoms with Gasteiger partial charge < -0.3 is 15.4 Å². The van der Waals surface area contributed by atoms with E-state index in [0.29, 0.717) is 24.2 Å². The quantitative estimate of drug-likeness (QED) is 0.791. The van der Waals surface area contributed by atoms with Crippen LogP contribution in [0.15, 0.2) is 24.3 Å². The van der Waals surface area contributed by atoms with E-state index in [9.17, 15) is 18.7 Å². The highest BCUT2D eigenvalue weighted by Crippen LogP contribution is 2.44. The number of hydrogen-bond donors (Lipinski definition) is 3. The molecule has 124 valence electrons. The minimum atomic E-state index is -3.80. The van der Waals surface area contributed by atoms with Gasteiger partial charge in [0.05, 0.1) is 17.1 Å². The molecule has 3 N–H and O–H groups in total. The fourth-order valence-corrected chi connectivity index (χ4v) is 2.79. The Bertz CT molecular complexity index is 692. The average Bonchev–Trinajstić information content (AvgIpc) is 2.93. The number of benzene rings is 1. The number of hydrogen-bond acceptors (Lipinski definition) is 3. The summed E-state index contributed by atoms with van der Waals surface area (Å²) in [4.78, 5) is 19.4. The molecule has 0 aliphatic heterocycles. The van der Waals surface area contributed by atoms with Gasteiger partial charge in [-0.05, 0) is 37.8 Å². The number of halogens is 2. The molecule has 1 fully saturated rings. The highest BCUT2D eigenvalue weighted by Gasteiger charge is 2.61. The molecule has 1 heterocycles. The Morgan fingerprint density at radius 1 is 1.48 bits per heavy atom. The minimum Gasteiger partial charge on any atom is -0.383 e. The summed E-state index contributed by atoms with van der Waals surface area (Å²) < 4.78 is 28.3. The highest BCUT2D eigenvalue weighted by atomic mass is 19.3. The van der Waals surface area contributed by atoms with Crippen molar-refractivity contribution in [2.75, 3.05) is 0 Å². The number of para-hydroxylation sites is 2. The minimum absolute atomic E-state index is 0.0607. The molecule has 2 aromatic rings. The number of carbonyl (C=O) groups is 1. The second-order valence-electron chi connectivity index (χ2n) is 6.03. The van der Waals surface area contributed by atoms with Crippen molar-refractivity contribution in [3.63, 3.8) is 0 Å². The van der Waals surface area contributed by atoms with Crippen LogP contribution >= 0.6 is 0 Å². The number of nitrogens with one attached hydrogen (secondary N) is 2. The monoisotopic (exact) mass is 323 g/mol. The van der Waals surface area contributed by atoms with E-state index in [1.54, 1.807) is 13.0 Å². The Hall–Kier alpha value is -2.02. The first kappa shape index (κ1) is 15.9. The zero-order valence-electron chi connectivity index (χ0n) is 12.8. The van der Waals surface area contributed by atoms with E-state index in [0.717, 1.165) is 5.52 Å². The first-order valence-corrected chi connectivity index (χ1v) is 7.73. The lowest BCUT2D eigenvalue weighted by Gasteiger charge is -2.41. The molecule has 3 rings (SSSR count). The van der Waals surface area contributed by atoms with E-state index in [4.69, 9.17) is 0 Å². The lowest BCUT2D eigenvalue weighted by Crippen LogP contribution is -2.61. The van der Waals surface area contributed by atoms with Gasteiger partial charge in [-0.1, -0.05) is 19.1 Å². The van der Waals surface area contributed by atoms with Crippen LogP contribution in [0.2, 0.25) is 0 Å². The molecule has 0 saturated heterocycles. The molecule has 1 aromatic heterocycles. The van der Waals surface area contributed by atoms with Crippen molar-refractivity contribution in [1.29, 1.82) is 0 Å². The van der Waals surface area contributed by atoms with Crippen LogP contribution in [0.25, 0.3) is 11.0 Å². The van der Waals surface area contributed by atoms with Gasteiger partial charge in [0.15, 0.2) is 0 Å². The summed E-state index contributed by atoms with van der Waals surface area (Å²) in [6, 6.07) is 6.63. The molecular formula is C16H19F2N3O2. The topological polar surface area (TPSA) is 78.0 Å². The molecule has 1 amide bonds. The third-order valence-electron chi connectivity index (χ3n) is 4.50. The molecule has 1 aliphatic carbocycles. The Morgan fingerprint density at radius 3 is 2.74 bits per heavy atom. The molecule has 0 radical (unpaired) electrons. The Labute approximate surface area is 132 Å². The van der Waals surface area contributed by atoms with E-state index in [1.807, 2.05) is 18.2 Å². The van der Waals surface area contributed by atoms with Gasteiger partial charge in [0.2, 0.25) is 0 Å². The van der Waals surface area contributed by atoms with Gasteiger partial charge in [0.25, 0.3) is 5.91 Å². The molecule has 1 aromatic carbocycles. The van der Waals surface area contributed by atoms with Crippen molar-refractivity contribution in [3.05, 3.63) is 30.1 Å². The fourth-order valence-electron chi connectivity index (χ4n) is 2.79. The van der Waals surface area contributed by atoms with Crippen LogP contribution in [0, 0.1) is 0 Å². The van der Waals surface area contributed by atoms with E-state index in [-0.39, 0.29) is 12.8 Å². The largest absolute Gasteiger partial charge is 0.383 e. The van der Waals surface area contributed by atoms with Crippen molar-refractivity contribution in [2.45, 2.75) is 50.2 Å². The molecule has 23 heavy (non-hydrogen) atoms. The van der Waals surface area contributed by atoms with Gasteiger partial charge in [0.1, 0.15) is 11.4 Å². The second kappa shape index (κ2) is 5.56. The maximum absolute atomic E-state index is 14.2. The van der Waals surface area contributed by atoms with Crippen molar-refractivity contribution in [1.82, 2.24) is 15.3 Å². The Balaban J connectivity index is 1.80. The number of aromatic nitrogens is 2. The molecule has 1 unspecified atom stereocenters. The zero-order chi connectivity index (χ0) is 16.7. The third-order valence-corrected chi connectivity index (χ3v) is 4.50. The van der Waals surface area contributed by atoms with Crippen molar-refractivity contribution >= 4 is 16.9 Å². The van der Waals surface area contributed by atoms with Crippen LogP contribution in [0.5, 0.6) is 0 Å². The fraction of sp³-hybridized carbons (Fsp3) is 0.500. The summed E-state index contributed by atoms with van der Waals surface area (Å²) in [6.07, 6.45) is 0.782. The summed E-state index contributed by atoms with van der Waals surface area (Å²) in [5.74, 6) is -4.82. The first-order chi connectivity index (χ1) is 10.9. The van der Waals surface area contributed by atoms with Crippen LogP contribution in [0.3, 0.4) is 0 Å². The van der Waals surface area contributed by atoms with E-state index in [1.165, 1.54) is 0 Å². The summed E-state index contributed by atoms with van der Waals surface area (Å²) >= 11 is 0. The van der Waals surface area contributed by atoms with Gasteiger partial charge >= 0.3 is 5.92 Å². The number of aliphatic hydroxyl groups is 1. The van der Waals surface area contributed by atoms with Crippen LogP contribution in [0.1, 0.15) is 44.5 Å². The first-order valence-electron chi connectivity index (χ1n) is 7.73. The highest BCUT2D eigenvalue weighted by molar-refractivity contribution is 5.85. The van der Waals surface area contributed by atoms with Crippen molar-refractivity contribution in [2.24, 2.45) is 0 Å². The van der Waals surface area contributed by atoms with Crippen LogP contribution in [0.4, 0.5) is 8.78 Å². The van der Waals surface area contributed by atoms with E-state index < -0.39 is 23.5 Å². The average molecular weight is 323 g/mol. The number of rotatable bonds is 5. The maximum Gasteiger partial charge on any atom is 0.352 e. The Kier molecular flexibility index (Phi) is 3.83. The molecular weight excluding hydrogens is 304 g/mol. The van der Waals surface area contributed by atoms with Gasteiger partial charge in [-0.25, -0.2) is 4.98 Å². The molecule has 1 aliphatic rings. The summed E-state index contributed by atoms with van der Waals surface area (Å²) in [6.45, 7) is 1.77. The SMILES string of the molecule is CCC(NC(=O)C(F)(F)C1(O)CCC1)c1nc2ccccc2[nH]1. The lowest BCUT2D eigenvalue weighted by molar-refractivity contribution is -0.216. The number of imidazole rings is 1. The van der Waals surface area contributed by atoms with Crippen molar-refractivity contribution < 1.29 is 18.7 Å². The molecule has 1 atom stereocenters. The van der Waals surface area contributed by atoms with E-state index >= 15 is 0 Å². The summed E-state index contributed by atoms with van der Waals surface area (Å²) in [5.41, 5.74) is -0.734. The number of amides is 1. The second-order valence-corrected chi connectivity index (χ2v) is 6.03. The smallest absolute Gasteiger partial charge is 0.352 e. The molecule has 0 spiro atoms. The molecule has 0 bridgehead atoms. The Morgan fingerprint density at radius 2 is 2.17 bits per heavy atom. The zero-order valence-corrected chi connectivity index (χ0v) is 12.8.